The molecule has 0 unspecified atom stereocenters. The fraction of sp³-hybridized carbons (Fsp3) is 0.143. The number of carbonyl (C=O) groups is 2. The van der Waals surface area contributed by atoms with Crippen LogP contribution in [0.15, 0.2) is 59.4 Å². The number of amides is 1. The van der Waals surface area contributed by atoms with Gasteiger partial charge in [-0.25, -0.2) is 9.37 Å². The molecule has 0 bridgehead atoms. The van der Waals surface area contributed by atoms with Gasteiger partial charge >= 0.3 is 0 Å². The van der Waals surface area contributed by atoms with Crippen LogP contribution in [0.4, 0.5) is 10.1 Å². The first-order chi connectivity index (χ1) is 13.3. The van der Waals surface area contributed by atoms with Crippen molar-refractivity contribution in [3.05, 3.63) is 82.0 Å². The lowest BCUT2D eigenvalue weighted by molar-refractivity contribution is -0.116. The molecule has 7 heteroatoms. The van der Waals surface area contributed by atoms with Crippen molar-refractivity contribution in [3.8, 4) is 11.4 Å². The normalized spacial score (nSPS) is 10.5. The molecule has 0 aliphatic heterocycles. The summed E-state index contributed by atoms with van der Waals surface area (Å²) in [6.45, 7) is 2.88. The van der Waals surface area contributed by atoms with Gasteiger partial charge in [0.1, 0.15) is 18.2 Å². The third kappa shape index (κ3) is 4.37. The van der Waals surface area contributed by atoms with Crippen molar-refractivity contribution < 1.29 is 14.0 Å². The Kier molecular flexibility index (Phi) is 5.44. The standard InChI is InChI=1S/C21H18FN3O3/c1-13-11-20(28)25(21(23-13)16-3-7-17(22)8-4-16)12-19(27)24-18-9-5-15(6-10-18)14(2)26/h3-11H,12H2,1-2H3,(H,24,27). The number of nitrogens with zero attached hydrogens (tertiary/aromatic N) is 2. The molecule has 3 rings (SSSR count). The molecule has 1 N–H and O–H groups in total. The Bertz CT molecular complexity index is 1090. The topological polar surface area (TPSA) is 81.1 Å². The largest absolute Gasteiger partial charge is 0.325 e. The van der Waals surface area contributed by atoms with Crippen LogP contribution in [0.2, 0.25) is 0 Å². The van der Waals surface area contributed by atoms with Crippen molar-refractivity contribution in [3.63, 3.8) is 0 Å². The summed E-state index contributed by atoms with van der Waals surface area (Å²) >= 11 is 0. The van der Waals surface area contributed by atoms with Crippen molar-refractivity contribution in [2.75, 3.05) is 5.32 Å². The number of hydrogen-bond donors (Lipinski definition) is 1. The lowest BCUT2D eigenvalue weighted by Crippen LogP contribution is -2.29. The molecular weight excluding hydrogens is 361 g/mol. The number of aryl methyl sites for hydroxylation is 1. The minimum absolute atomic E-state index is 0.0703. The quantitative estimate of drug-likeness (QED) is 0.691. The van der Waals surface area contributed by atoms with E-state index < -0.39 is 11.7 Å². The molecule has 142 valence electrons. The predicted molar refractivity (Wildman–Crippen MR) is 104 cm³/mol. The fourth-order valence-electron chi connectivity index (χ4n) is 2.73. The average molecular weight is 379 g/mol. The Labute approximate surface area is 160 Å². The average Bonchev–Trinajstić information content (AvgIpc) is 2.65. The Morgan fingerprint density at radius 1 is 1.07 bits per heavy atom. The number of nitrogens with one attached hydrogen (secondary N) is 1. The maximum Gasteiger partial charge on any atom is 0.254 e. The molecule has 1 aromatic heterocycles. The van der Waals surface area contributed by atoms with E-state index in [-0.39, 0.29) is 23.7 Å². The summed E-state index contributed by atoms with van der Waals surface area (Å²) in [5.41, 5.74) is 1.69. The van der Waals surface area contributed by atoms with Crippen molar-refractivity contribution in [1.82, 2.24) is 9.55 Å². The molecule has 0 spiro atoms. The highest BCUT2D eigenvalue weighted by Gasteiger charge is 2.13. The van der Waals surface area contributed by atoms with Gasteiger partial charge in [-0.2, -0.15) is 0 Å². The molecule has 0 radical (unpaired) electrons. The van der Waals surface area contributed by atoms with Crippen LogP contribution in [-0.2, 0) is 11.3 Å². The van der Waals surface area contributed by atoms with Crippen LogP contribution in [0.5, 0.6) is 0 Å². The van der Waals surface area contributed by atoms with Crippen molar-refractivity contribution >= 4 is 17.4 Å². The van der Waals surface area contributed by atoms with Gasteiger partial charge in [-0.15, -0.1) is 0 Å². The molecular formula is C21H18FN3O3. The predicted octanol–water partition coefficient (Wildman–Crippen LogP) is 3.20. The maximum atomic E-state index is 13.2. The van der Waals surface area contributed by atoms with E-state index in [1.165, 1.54) is 41.8 Å². The third-order valence-corrected chi connectivity index (χ3v) is 4.12. The number of hydrogen-bond acceptors (Lipinski definition) is 4. The van der Waals surface area contributed by atoms with Crippen LogP contribution in [0.25, 0.3) is 11.4 Å². The summed E-state index contributed by atoms with van der Waals surface area (Å²) < 4.78 is 14.5. The van der Waals surface area contributed by atoms with E-state index in [1.54, 1.807) is 31.2 Å². The highest BCUT2D eigenvalue weighted by Crippen LogP contribution is 2.17. The Morgan fingerprint density at radius 2 is 1.71 bits per heavy atom. The molecule has 0 fully saturated rings. The molecule has 28 heavy (non-hydrogen) atoms. The first kappa shape index (κ1) is 19.2. The first-order valence-electron chi connectivity index (χ1n) is 8.59. The number of anilines is 1. The van der Waals surface area contributed by atoms with Crippen LogP contribution in [-0.4, -0.2) is 21.2 Å². The van der Waals surface area contributed by atoms with Gasteiger partial charge in [-0.3, -0.25) is 19.0 Å². The Balaban J connectivity index is 1.87. The maximum absolute atomic E-state index is 13.2. The molecule has 0 saturated carbocycles. The lowest BCUT2D eigenvalue weighted by atomic mass is 10.1. The number of benzene rings is 2. The highest BCUT2D eigenvalue weighted by atomic mass is 19.1. The second-order valence-electron chi connectivity index (χ2n) is 6.33. The van der Waals surface area contributed by atoms with E-state index in [0.29, 0.717) is 22.5 Å². The number of halogens is 1. The summed E-state index contributed by atoms with van der Waals surface area (Å²) in [7, 11) is 0. The van der Waals surface area contributed by atoms with Gasteiger partial charge in [-0.1, -0.05) is 0 Å². The minimum Gasteiger partial charge on any atom is -0.325 e. The fourth-order valence-corrected chi connectivity index (χ4v) is 2.73. The van der Waals surface area contributed by atoms with E-state index >= 15 is 0 Å². The van der Waals surface area contributed by atoms with Gasteiger partial charge in [0.05, 0.1) is 0 Å². The van der Waals surface area contributed by atoms with Crippen LogP contribution in [0.1, 0.15) is 23.0 Å². The van der Waals surface area contributed by atoms with E-state index in [2.05, 4.69) is 10.3 Å². The van der Waals surface area contributed by atoms with E-state index in [0.717, 1.165) is 0 Å². The van der Waals surface area contributed by atoms with Crippen molar-refractivity contribution in [1.29, 1.82) is 0 Å². The zero-order valence-corrected chi connectivity index (χ0v) is 15.4. The van der Waals surface area contributed by atoms with Crippen molar-refractivity contribution in [2.45, 2.75) is 20.4 Å². The molecule has 1 amide bonds. The van der Waals surface area contributed by atoms with Gasteiger partial charge in [0, 0.05) is 28.6 Å². The summed E-state index contributed by atoms with van der Waals surface area (Å²) in [4.78, 5) is 40.6. The molecule has 1 heterocycles. The number of rotatable bonds is 5. The van der Waals surface area contributed by atoms with Crippen LogP contribution in [0, 0.1) is 12.7 Å². The Hall–Kier alpha value is -3.61. The summed E-state index contributed by atoms with van der Waals surface area (Å²) in [5, 5.41) is 2.69. The van der Waals surface area contributed by atoms with Crippen LogP contribution >= 0.6 is 0 Å². The van der Waals surface area contributed by atoms with E-state index in [1.807, 2.05) is 0 Å². The van der Waals surface area contributed by atoms with Gasteiger partial charge in [0.2, 0.25) is 5.91 Å². The van der Waals surface area contributed by atoms with Gasteiger partial charge in [0.15, 0.2) is 5.78 Å². The second-order valence-corrected chi connectivity index (χ2v) is 6.33. The van der Waals surface area contributed by atoms with Gasteiger partial charge in [-0.05, 0) is 62.4 Å². The number of Topliss-reactive ketones (excluding diaryl/α,β-unsaturated/α-hetero) is 1. The first-order valence-corrected chi connectivity index (χ1v) is 8.59. The molecule has 2 aromatic carbocycles. The van der Waals surface area contributed by atoms with Crippen molar-refractivity contribution in [2.24, 2.45) is 0 Å². The highest BCUT2D eigenvalue weighted by molar-refractivity contribution is 5.95. The number of aromatic nitrogens is 2. The summed E-state index contributed by atoms with van der Waals surface area (Å²) in [5.74, 6) is -0.616. The van der Waals surface area contributed by atoms with E-state index in [4.69, 9.17) is 0 Å². The molecule has 0 atom stereocenters. The molecule has 0 saturated heterocycles. The van der Waals surface area contributed by atoms with Crippen LogP contribution in [0.3, 0.4) is 0 Å². The monoisotopic (exact) mass is 379 g/mol. The van der Waals surface area contributed by atoms with Gasteiger partial charge < -0.3 is 5.32 Å². The summed E-state index contributed by atoms with van der Waals surface area (Å²) in [6, 6.07) is 13.3. The van der Waals surface area contributed by atoms with Crippen LogP contribution < -0.4 is 10.9 Å². The lowest BCUT2D eigenvalue weighted by Gasteiger charge is -2.13. The van der Waals surface area contributed by atoms with Gasteiger partial charge in [0.25, 0.3) is 5.56 Å². The minimum atomic E-state index is -0.424. The third-order valence-electron chi connectivity index (χ3n) is 4.12. The SMILES string of the molecule is CC(=O)c1ccc(NC(=O)Cn2c(-c3ccc(F)cc3)nc(C)cc2=O)cc1. The Morgan fingerprint density at radius 3 is 2.32 bits per heavy atom. The zero-order chi connectivity index (χ0) is 20.3. The second kappa shape index (κ2) is 7.96. The molecule has 0 aliphatic carbocycles. The number of carbonyl (C=O) groups excluding carboxylic acids is 2. The van der Waals surface area contributed by atoms with E-state index in [9.17, 15) is 18.8 Å². The molecule has 3 aromatic rings. The smallest absolute Gasteiger partial charge is 0.254 e. The molecule has 6 nitrogen and oxygen atoms in total. The summed E-state index contributed by atoms with van der Waals surface area (Å²) in [6.07, 6.45) is 0. The zero-order valence-electron chi connectivity index (χ0n) is 15.4. The molecule has 0 aliphatic rings. The number of ketones is 1.